The molecule has 0 saturated carbocycles. The Morgan fingerprint density at radius 2 is 1.94 bits per heavy atom. The Labute approximate surface area is 117 Å². The lowest BCUT2D eigenvalue weighted by atomic mass is 10.3. The molecule has 0 radical (unpaired) electrons. The van der Waals surface area contributed by atoms with Crippen LogP contribution in [0.25, 0.3) is 0 Å². The van der Waals surface area contributed by atoms with Crippen LogP contribution in [0.2, 0.25) is 0 Å². The fourth-order valence-electron chi connectivity index (χ4n) is 1.33. The van der Waals surface area contributed by atoms with Gasteiger partial charge in [0.05, 0.1) is 0 Å². The summed E-state index contributed by atoms with van der Waals surface area (Å²) in [5, 5.41) is 0. The Balaban J connectivity index is 2.33. The normalized spacial score (nSPS) is 11.2. The number of aromatic amines is 1. The third-order valence-corrected chi connectivity index (χ3v) is 4.19. The Kier molecular flexibility index (Phi) is 3.71. The minimum Gasteiger partial charge on any atom is -0.328 e. The quantitative estimate of drug-likeness (QED) is 0.802. The van der Waals surface area contributed by atoms with E-state index in [1.54, 1.807) is 18.2 Å². The molecule has 1 heterocycles. The fraction of sp³-hybridized carbons (Fsp3) is 0. The van der Waals surface area contributed by atoms with Crippen molar-refractivity contribution in [2.75, 3.05) is 4.72 Å². The third-order valence-electron chi connectivity index (χ3n) is 2.14. The van der Waals surface area contributed by atoms with Crippen molar-refractivity contribution >= 4 is 38.3 Å². The Morgan fingerprint density at radius 3 is 2.56 bits per heavy atom. The van der Waals surface area contributed by atoms with Crippen molar-refractivity contribution in [3.05, 3.63) is 56.5 Å². The molecule has 0 amide bonds. The van der Waals surface area contributed by atoms with Crippen molar-refractivity contribution in [2.45, 2.75) is 4.90 Å². The molecule has 0 aliphatic heterocycles. The van der Waals surface area contributed by atoms with Crippen LogP contribution in [0.15, 0.2) is 52.3 Å². The molecule has 1 aromatic carbocycles. The summed E-state index contributed by atoms with van der Waals surface area (Å²) in [5.74, 6) is 0. The van der Waals surface area contributed by atoms with Crippen molar-refractivity contribution in [3.63, 3.8) is 0 Å². The van der Waals surface area contributed by atoms with Crippen LogP contribution in [-0.4, -0.2) is 13.4 Å². The lowest BCUT2D eigenvalue weighted by Gasteiger charge is -2.07. The molecule has 0 unspecified atom stereocenters. The summed E-state index contributed by atoms with van der Waals surface area (Å²) >= 11 is 2.09. The van der Waals surface area contributed by atoms with Gasteiger partial charge in [0.25, 0.3) is 10.0 Å². The third kappa shape index (κ3) is 3.10. The van der Waals surface area contributed by atoms with Gasteiger partial charge in [0.1, 0.15) is 4.90 Å². The number of sulfonamides is 1. The van der Waals surface area contributed by atoms with Crippen LogP contribution in [-0.2, 0) is 10.0 Å². The van der Waals surface area contributed by atoms with E-state index in [0.717, 1.165) is 3.57 Å². The lowest BCUT2D eigenvalue weighted by Crippen LogP contribution is -2.15. The topological polar surface area (TPSA) is 79.0 Å². The van der Waals surface area contributed by atoms with Gasteiger partial charge in [-0.2, -0.15) is 0 Å². The highest BCUT2D eigenvalue weighted by molar-refractivity contribution is 14.1. The summed E-state index contributed by atoms with van der Waals surface area (Å²) in [6.45, 7) is 0. The summed E-state index contributed by atoms with van der Waals surface area (Å²) in [7, 11) is -3.67. The lowest BCUT2D eigenvalue weighted by molar-refractivity contribution is 0.600. The fourth-order valence-corrected chi connectivity index (χ4v) is 2.89. The van der Waals surface area contributed by atoms with Gasteiger partial charge >= 0.3 is 0 Å². The highest BCUT2D eigenvalue weighted by Gasteiger charge is 2.14. The van der Waals surface area contributed by atoms with E-state index in [9.17, 15) is 13.2 Å². The number of rotatable bonds is 3. The molecule has 0 fully saturated rings. The molecule has 94 valence electrons. The van der Waals surface area contributed by atoms with Gasteiger partial charge in [0.2, 0.25) is 5.56 Å². The van der Waals surface area contributed by atoms with Crippen molar-refractivity contribution in [3.8, 4) is 0 Å². The molecule has 0 aliphatic rings. The molecule has 0 atom stereocenters. The molecule has 5 nitrogen and oxygen atoms in total. The van der Waals surface area contributed by atoms with Gasteiger partial charge in [-0.1, -0.05) is 6.07 Å². The van der Waals surface area contributed by atoms with Crippen molar-refractivity contribution in [1.29, 1.82) is 0 Å². The second-order valence-electron chi connectivity index (χ2n) is 3.50. The summed E-state index contributed by atoms with van der Waals surface area (Å²) in [6, 6.07) is 9.42. The van der Waals surface area contributed by atoms with Crippen LogP contribution in [0.5, 0.6) is 0 Å². The van der Waals surface area contributed by atoms with Crippen LogP contribution < -0.4 is 10.3 Å². The minimum absolute atomic E-state index is 0.0148. The number of halogens is 1. The number of hydrogen-bond acceptors (Lipinski definition) is 3. The Morgan fingerprint density at radius 1 is 1.17 bits per heavy atom. The SMILES string of the molecule is O=c1ccc(S(=O)(=O)Nc2cccc(I)c2)c[nH]1. The molecule has 0 spiro atoms. The number of anilines is 1. The van der Waals surface area contributed by atoms with Gasteiger partial charge in [-0.25, -0.2) is 8.42 Å². The zero-order valence-corrected chi connectivity index (χ0v) is 12.0. The summed E-state index contributed by atoms with van der Waals surface area (Å²) in [6.07, 6.45) is 1.17. The van der Waals surface area contributed by atoms with Crippen molar-refractivity contribution in [2.24, 2.45) is 0 Å². The van der Waals surface area contributed by atoms with Crippen LogP contribution >= 0.6 is 22.6 Å². The van der Waals surface area contributed by atoms with E-state index in [1.807, 2.05) is 6.07 Å². The molecule has 2 aromatic rings. The van der Waals surface area contributed by atoms with E-state index in [-0.39, 0.29) is 10.5 Å². The zero-order valence-electron chi connectivity index (χ0n) is 9.05. The maximum Gasteiger partial charge on any atom is 0.263 e. The zero-order chi connectivity index (χ0) is 13.2. The second-order valence-corrected chi connectivity index (χ2v) is 6.43. The van der Waals surface area contributed by atoms with Crippen molar-refractivity contribution in [1.82, 2.24) is 4.98 Å². The molecule has 0 bridgehead atoms. The van der Waals surface area contributed by atoms with Gasteiger partial charge in [0.15, 0.2) is 0 Å². The minimum atomic E-state index is -3.67. The van der Waals surface area contributed by atoms with E-state index >= 15 is 0 Å². The second kappa shape index (κ2) is 5.11. The Bertz CT molecular complexity index is 705. The number of hydrogen-bond donors (Lipinski definition) is 2. The number of aromatic nitrogens is 1. The molecular formula is C11H9IN2O3S. The van der Waals surface area contributed by atoms with Crippen LogP contribution in [0.3, 0.4) is 0 Å². The largest absolute Gasteiger partial charge is 0.328 e. The van der Waals surface area contributed by atoms with Gasteiger partial charge in [-0.05, 0) is 46.9 Å². The van der Waals surface area contributed by atoms with Crippen LogP contribution in [0, 0.1) is 3.57 Å². The number of pyridine rings is 1. The van der Waals surface area contributed by atoms with Gasteiger partial charge in [0, 0.05) is 21.5 Å². The smallest absolute Gasteiger partial charge is 0.263 e. The van der Waals surface area contributed by atoms with Crippen LogP contribution in [0.1, 0.15) is 0 Å². The molecule has 7 heteroatoms. The molecule has 18 heavy (non-hydrogen) atoms. The van der Waals surface area contributed by atoms with E-state index in [1.165, 1.54) is 18.3 Å². The number of nitrogens with one attached hydrogen (secondary N) is 2. The van der Waals surface area contributed by atoms with E-state index in [2.05, 4.69) is 32.3 Å². The monoisotopic (exact) mass is 376 g/mol. The molecule has 0 saturated heterocycles. The molecule has 2 N–H and O–H groups in total. The average molecular weight is 376 g/mol. The predicted molar refractivity (Wildman–Crippen MR) is 77.0 cm³/mol. The summed E-state index contributed by atoms with van der Waals surface area (Å²) in [5.41, 5.74) is 0.135. The first-order chi connectivity index (χ1) is 8.47. The summed E-state index contributed by atoms with van der Waals surface area (Å²) < 4.78 is 27.3. The van der Waals surface area contributed by atoms with Gasteiger partial charge in [-0.3, -0.25) is 9.52 Å². The number of benzene rings is 1. The van der Waals surface area contributed by atoms with Crippen LogP contribution in [0.4, 0.5) is 5.69 Å². The first-order valence-electron chi connectivity index (χ1n) is 4.94. The first kappa shape index (κ1) is 13.1. The van der Waals surface area contributed by atoms with Gasteiger partial charge < -0.3 is 4.98 Å². The number of H-pyrrole nitrogens is 1. The molecule has 1 aromatic heterocycles. The first-order valence-corrected chi connectivity index (χ1v) is 7.51. The molecule has 0 aliphatic carbocycles. The maximum atomic E-state index is 12.0. The molecule has 2 rings (SSSR count). The average Bonchev–Trinajstić information content (AvgIpc) is 2.29. The van der Waals surface area contributed by atoms with E-state index in [4.69, 9.17) is 0 Å². The highest BCUT2D eigenvalue weighted by Crippen LogP contribution is 2.16. The predicted octanol–water partition coefficient (Wildman–Crippen LogP) is 1.78. The van der Waals surface area contributed by atoms with Gasteiger partial charge in [-0.15, -0.1) is 0 Å². The standard InChI is InChI=1S/C11H9IN2O3S/c12-8-2-1-3-9(6-8)14-18(16,17)10-4-5-11(15)13-7-10/h1-7,14H,(H,13,15). The van der Waals surface area contributed by atoms with Crippen molar-refractivity contribution < 1.29 is 8.42 Å². The molecular weight excluding hydrogens is 367 g/mol. The maximum absolute atomic E-state index is 12.0. The van der Waals surface area contributed by atoms with E-state index < -0.39 is 10.0 Å². The summed E-state index contributed by atoms with van der Waals surface area (Å²) in [4.78, 5) is 13.2. The highest BCUT2D eigenvalue weighted by atomic mass is 127. The van der Waals surface area contributed by atoms with E-state index in [0.29, 0.717) is 5.69 Å². The Hall–Kier alpha value is -1.35.